The van der Waals surface area contributed by atoms with E-state index in [0.29, 0.717) is 6.61 Å². The van der Waals surface area contributed by atoms with E-state index in [2.05, 4.69) is 65.4 Å². The van der Waals surface area contributed by atoms with E-state index < -0.39 is 0 Å². The summed E-state index contributed by atoms with van der Waals surface area (Å²) in [5.74, 6) is 0.903. The van der Waals surface area contributed by atoms with Crippen LogP contribution in [0.25, 0.3) is 0 Å². The fourth-order valence-electron chi connectivity index (χ4n) is 2.90. The van der Waals surface area contributed by atoms with Crippen LogP contribution < -0.4 is 0 Å². The van der Waals surface area contributed by atoms with E-state index in [-0.39, 0.29) is 0 Å². The smallest absolute Gasteiger partial charge is 0.0431 e. The minimum atomic E-state index is 0.347. The zero-order valence-corrected chi connectivity index (χ0v) is 23.2. The maximum Gasteiger partial charge on any atom is 0.0431 e. The molecule has 0 unspecified atom stereocenters. The molecule has 0 bridgehead atoms. The summed E-state index contributed by atoms with van der Waals surface area (Å²) in [6.07, 6.45) is 14.0. The van der Waals surface area contributed by atoms with Crippen molar-refractivity contribution in [2.45, 2.75) is 126 Å². The molecule has 0 aromatic carbocycles. The van der Waals surface area contributed by atoms with Gasteiger partial charge in [0, 0.05) is 6.61 Å². The standard InChI is InChI=1S/C11H25NO.C7H17N.C7H16.C2H6/c1-3-4-6-9-12(2)10-7-5-8-11-13;1-4-6-8(3)7-5-2;1-4-5-6-7(2)3;1-2/h13H,3-11H2,1-2H3;4-7H2,1-3H3;7H,4-6H2,1-3H3;1-2H3. The molecule has 0 spiro atoms. The van der Waals surface area contributed by atoms with Gasteiger partial charge in [-0.2, -0.15) is 0 Å². The van der Waals surface area contributed by atoms with Crippen LogP contribution in [0.3, 0.4) is 0 Å². The fraction of sp³-hybridized carbons (Fsp3) is 1.00. The van der Waals surface area contributed by atoms with Crippen molar-refractivity contribution in [3.05, 3.63) is 0 Å². The summed E-state index contributed by atoms with van der Waals surface area (Å²) in [6, 6.07) is 0. The molecule has 0 aromatic rings. The maximum atomic E-state index is 8.59. The summed E-state index contributed by atoms with van der Waals surface area (Å²) < 4.78 is 0. The molecular formula is C27H64N2O. The van der Waals surface area contributed by atoms with Crippen LogP contribution in [-0.2, 0) is 0 Å². The fourth-order valence-corrected chi connectivity index (χ4v) is 2.90. The van der Waals surface area contributed by atoms with Gasteiger partial charge in [0.15, 0.2) is 0 Å². The Balaban J connectivity index is -0.000000172. The van der Waals surface area contributed by atoms with Crippen LogP contribution in [0.15, 0.2) is 0 Å². The van der Waals surface area contributed by atoms with Crippen LogP contribution in [0.1, 0.15) is 126 Å². The second kappa shape index (κ2) is 36.3. The molecule has 0 aliphatic heterocycles. The summed E-state index contributed by atoms with van der Waals surface area (Å²) in [7, 11) is 4.36. The van der Waals surface area contributed by atoms with Crippen molar-refractivity contribution < 1.29 is 5.11 Å². The number of rotatable bonds is 16. The van der Waals surface area contributed by atoms with Crippen LogP contribution in [-0.4, -0.2) is 61.8 Å². The molecule has 3 heteroatoms. The molecule has 0 aliphatic rings. The average molecular weight is 433 g/mol. The topological polar surface area (TPSA) is 26.7 Å². The van der Waals surface area contributed by atoms with Gasteiger partial charge in [-0.1, -0.05) is 87.5 Å². The Kier molecular flexibility index (Phi) is 45.0. The van der Waals surface area contributed by atoms with E-state index >= 15 is 0 Å². The number of hydrogen-bond donors (Lipinski definition) is 1. The lowest BCUT2D eigenvalue weighted by Gasteiger charge is -2.15. The second-order valence-corrected chi connectivity index (χ2v) is 8.63. The highest BCUT2D eigenvalue weighted by Gasteiger charge is 1.97. The lowest BCUT2D eigenvalue weighted by atomic mass is 10.1. The normalized spacial score (nSPS) is 10.2. The van der Waals surface area contributed by atoms with Gasteiger partial charge >= 0.3 is 0 Å². The van der Waals surface area contributed by atoms with Gasteiger partial charge in [0.1, 0.15) is 0 Å². The van der Waals surface area contributed by atoms with Crippen molar-refractivity contribution >= 4 is 0 Å². The van der Waals surface area contributed by atoms with Gasteiger partial charge < -0.3 is 14.9 Å². The first-order chi connectivity index (χ1) is 14.4. The van der Waals surface area contributed by atoms with Gasteiger partial charge in [-0.15, -0.1) is 0 Å². The molecule has 1 N–H and O–H groups in total. The van der Waals surface area contributed by atoms with Gasteiger partial charge in [-0.3, -0.25) is 0 Å². The van der Waals surface area contributed by atoms with E-state index in [1.54, 1.807) is 0 Å². The molecular weight excluding hydrogens is 368 g/mol. The minimum Gasteiger partial charge on any atom is -0.396 e. The van der Waals surface area contributed by atoms with Crippen molar-refractivity contribution in [2.24, 2.45) is 5.92 Å². The van der Waals surface area contributed by atoms with Gasteiger partial charge in [0.2, 0.25) is 0 Å². The summed E-state index contributed by atoms with van der Waals surface area (Å²) in [4.78, 5) is 4.76. The third-order valence-corrected chi connectivity index (χ3v) is 4.69. The number of nitrogens with zero attached hydrogens (tertiary/aromatic N) is 2. The molecule has 0 aliphatic carbocycles. The van der Waals surface area contributed by atoms with Crippen LogP contribution in [0, 0.1) is 5.92 Å². The highest BCUT2D eigenvalue weighted by molar-refractivity contribution is 4.52. The van der Waals surface area contributed by atoms with Crippen molar-refractivity contribution in [2.75, 3.05) is 46.9 Å². The van der Waals surface area contributed by atoms with Crippen molar-refractivity contribution in [3.63, 3.8) is 0 Å². The molecule has 0 atom stereocenters. The second-order valence-electron chi connectivity index (χ2n) is 8.63. The molecule has 0 fully saturated rings. The van der Waals surface area contributed by atoms with Gasteiger partial charge in [0.05, 0.1) is 0 Å². The van der Waals surface area contributed by atoms with Crippen LogP contribution in [0.4, 0.5) is 0 Å². The number of unbranched alkanes of at least 4 members (excludes halogenated alkanes) is 5. The Morgan fingerprint density at radius 2 is 1.00 bits per heavy atom. The van der Waals surface area contributed by atoms with Crippen LogP contribution in [0.2, 0.25) is 0 Å². The Morgan fingerprint density at radius 1 is 0.567 bits per heavy atom. The predicted octanol–water partition coefficient (Wildman–Crippen LogP) is 7.87. The Bertz CT molecular complexity index is 241. The van der Waals surface area contributed by atoms with E-state index in [0.717, 1.165) is 18.8 Å². The van der Waals surface area contributed by atoms with Gasteiger partial charge in [-0.05, 0) is 84.7 Å². The first kappa shape index (κ1) is 37.2. The minimum absolute atomic E-state index is 0.347. The third-order valence-electron chi connectivity index (χ3n) is 4.69. The predicted molar refractivity (Wildman–Crippen MR) is 142 cm³/mol. The van der Waals surface area contributed by atoms with E-state index in [1.165, 1.54) is 84.0 Å². The van der Waals surface area contributed by atoms with Gasteiger partial charge in [-0.25, -0.2) is 0 Å². The van der Waals surface area contributed by atoms with Crippen molar-refractivity contribution in [1.82, 2.24) is 9.80 Å². The lowest BCUT2D eigenvalue weighted by Crippen LogP contribution is -2.20. The number of hydrogen-bond acceptors (Lipinski definition) is 3. The number of aliphatic hydroxyl groups is 1. The van der Waals surface area contributed by atoms with Crippen molar-refractivity contribution in [1.29, 1.82) is 0 Å². The molecule has 0 saturated heterocycles. The average Bonchev–Trinajstić information content (AvgIpc) is 2.73. The largest absolute Gasteiger partial charge is 0.396 e. The Morgan fingerprint density at radius 3 is 1.33 bits per heavy atom. The monoisotopic (exact) mass is 433 g/mol. The molecule has 0 saturated carbocycles. The first-order valence-corrected chi connectivity index (χ1v) is 13.4. The summed E-state index contributed by atoms with van der Waals surface area (Å²) in [5, 5.41) is 8.59. The molecule has 0 rings (SSSR count). The molecule has 0 heterocycles. The zero-order chi connectivity index (χ0) is 24.0. The molecule has 0 radical (unpaired) electrons. The lowest BCUT2D eigenvalue weighted by molar-refractivity contribution is 0.271. The van der Waals surface area contributed by atoms with E-state index in [4.69, 9.17) is 5.11 Å². The first-order valence-electron chi connectivity index (χ1n) is 13.4. The Hall–Kier alpha value is -0.120. The zero-order valence-electron chi connectivity index (χ0n) is 23.2. The Labute approximate surface area is 194 Å². The molecule has 188 valence electrons. The highest BCUT2D eigenvalue weighted by atomic mass is 16.2. The number of aliphatic hydroxyl groups excluding tert-OH is 1. The molecule has 0 amide bonds. The van der Waals surface area contributed by atoms with Crippen LogP contribution >= 0.6 is 0 Å². The van der Waals surface area contributed by atoms with Crippen molar-refractivity contribution in [3.8, 4) is 0 Å². The van der Waals surface area contributed by atoms with Crippen LogP contribution in [0.5, 0.6) is 0 Å². The summed E-state index contributed by atoms with van der Waals surface area (Å²) in [5.41, 5.74) is 0. The molecule has 3 nitrogen and oxygen atoms in total. The maximum absolute atomic E-state index is 8.59. The molecule has 0 aromatic heterocycles. The highest BCUT2D eigenvalue weighted by Crippen LogP contribution is 2.04. The quantitative estimate of drug-likeness (QED) is 0.251. The molecule has 30 heavy (non-hydrogen) atoms. The SMILES string of the molecule is CC.CCCCC(C)C.CCCCCN(C)CCCCCO.CCCN(C)CCC. The summed E-state index contributed by atoms with van der Waals surface area (Å²) >= 11 is 0. The van der Waals surface area contributed by atoms with Gasteiger partial charge in [0.25, 0.3) is 0 Å². The third kappa shape index (κ3) is 46.2. The summed E-state index contributed by atoms with van der Waals surface area (Å²) in [6.45, 7) is 22.7. The van der Waals surface area contributed by atoms with E-state index in [9.17, 15) is 0 Å². The van der Waals surface area contributed by atoms with E-state index in [1.807, 2.05) is 13.8 Å².